The van der Waals surface area contributed by atoms with Gasteiger partial charge in [0.15, 0.2) is 0 Å². The van der Waals surface area contributed by atoms with Crippen LogP contribution in [0.1, 0.15) is 19.3 Å². The minimum Gasteiger partial charge on any atom is -0.327 e. The Morgan fingerprint density at radius 3 is 2.33 bits per heavy atom. The Bertz CT molecular complexity index is 126. The fourth-order valence-corrected chi connectivity index (χ4v) is 2.30. The fourth-order valence-electron chi connectivity index (χ4n) is 2.30. The minimum absolute atomic E-state index is 0.179. The summed E-state index contributed by atoms with van der Waals surface area (Å²) < 4.78 is 12.9. The van der Waals surface area contributed by atoms with Gasteiger partial charge in [-0.2, -0.15) is 0 Å². The summed E-state index contributed by atoms with van der Waals surface area (Å²) in [4.78, 5) is 0. The van der Waals surface area contributed by atoms with Crippen LogP contribution in [-0.4, -0.2) is 12.2 Å². The molecule has 0 amide bonds. The maximum absolute atomic E-state index is 12.9. The van der Waals surface area contributed by atoms with Gasteiger partial charge in [-0.3, -0.25) is 0 Å². The van der Waals surface area contributed by atoms with Crippen molar-refractivity contribution in [1.82, 2.24) is 0 Å². The summed E-state index contributed by atoms with van der Waals surface area (Å²) >= 11 is 0. The van der Waals surface area contributed by atoms with Gasteiger partial charge in [-0.15, -0.1) is 0 Å². The zero-order chi connectivity index (χ0) is 6.43. The predicted octanol–water partition coefficient (Wildman–Crippen LogP) is 1.08. The van der Waals surface area contributed by atoms with Crippen molar-refractivity contribution in [3.05, 3.63) is 0 Å². The number of fused-ring (bicyclic) bond motifs is 2. The first-order valence-electron chi connectivity index (χ1n) is 3.68. The summed E-state index contributed by atoms with van der Waals surface area (Å²) in [6.45, 7) is 0. The molecule has 0 heterocycles. The third-order valence-corrected chi connectivity index (χ3v) is 2.86. The zero-order valence-electron chi connectivity index (χ0n) is 5.39. The lowest BCUT2D eigenvalue weighted by molar-refractivity contribution is 0.258. The van der Waals surface area contributed by atoms with Crippen molar-refractivity contribution < 1.29 is 4.39 Å². The molecule has 2 rings (SSSR count). The van der Waals surface area contributed by atoms with Crippen LogP contribution in [0.5, 0.6) is 0 Å². The van der Waals surface area contributed by atoms with E-state index in [9.17, 15) is 4.39 Å². The third-order valence-electron chi connectivity index (χ3n) is 2.86. The van der Waals surface area contributed by atoms with Crippen LogP contribution in [0.2, 0.25) is 0 Å². The van der Waals surface area contributed by atoms with Gasteiger partial charge in [0.1, 0.15) is 6.17 Å². The van der Waals surface area contributed by atoms with Crippen LogP contribution in [0, 0.1) is 11.8 Å². The smallest absolute Gasteiger partial charge is 0.107 e. The van der Waals surface area contributed by atoms with Gasteiger partial charge in [0.05, 0.1) is 0 Å². The van der Waals surface area contributed by atoms with Crippen LogP contribution in [0.25, 0.3) is 0 Å². The molecule has 0 saturated heterocycles. The van der Waals surface area contributed by atoms with Crippen LogP contribution in [-0.2, 0) is 0 Å². The van der Waals surface area contributed by atoms with Gasteiger partial charge in [-0.1, -0.05) is 0 Å². The Balaban J connectivity index is 2.16. The van der Waals surface area contributed by atoms with E-state index in [1.165, 1.54) is 0 Å². The van der Waals surface area contributed by atoms with Crippen molar-refractivity contribution in [3.63, 3.8) is 0 Å². The number of rotatable bonds is 0. The van der Waals surface area contributed by atoms with Gasteiger partial charge in [0.2, 0.25) is 0 Å². The molecule has 0 aromatic heterocycles. The van der Waals surface area contributed by atoms with E-state index in [0.29, 0.717) is 5.92 Å². The van der Waals surface area contributed by atoms with Crippen molar-refractivity contribution in [2.45, 2.75) is 31.5 Å². The fraction of sp³-hybridized carbons (Fsp3) is 1.00. The number of alkyl halides is 1. The highest BCUT2D eigenvalue weighted by molar-refractivity contribution is 4.99. The van der Waals surface area contributed by atoms with Crippen LogP contribution in [0.4, 0.5) is 4.39 Å². The second kappa shape index (κ2) is 1.69. The molecule has 2 aliphatic rings. The number of hydrogen-bond acceptors (Lipinski definition) is 1. The van der Waals surface area contributed by atoms with E-state index in [2.05, 4.69) is 0 Å². The normalized spacial score (nSPS) is 56.7. The highest BCUT2D eigenvalue weighted by Gasteiger charge is 2.46. The summed E-state index contributed by atoms with van der Waals surface area (Å²) in [6, 6.07) is 0.179. The lowest BCUT2D eigenvalue weighted by Gasteiger charge is -2.14. The van der Waals surface area contributed by atoms with E-state index < -0.39 is 6.17 Å². The molecule has 0 unspecified atom stereocenters. The topological polar surface area (TPSA) is 26.0 Å². The maximum atomic E-state index is 12.9. The Kier molecular flexibility index (Phi) is 1.06. The van der Waals surface area contributed by atoms with Crippen LogP contribution in [0.3, 0.4) is 0 Å². The molecule has 2 fully saturated rings. The van der Waals surface area contributed by atoms with E-state index in [1.54, 1.807) is 0 Å². The standard InChI is InChI=1S/C7H12FN/c8-7-4-1-2-5(7)6(9)3-4/h4-7H,1-3,9H2/t4-,5-,6+,7-/m1/s1. The molecule has 2 heteroatoms. The molecule has 0 radical (unpaired) electrons. The lowest BCUT2D eigenvalue weighted by atomic mass is 9.96. The SMILES string of the molecule is N[C@H]1C[C@H]2CC[C@H]1[C@@H]2F. The molecule has 2 aliphatic carbocycles. The summed E-state index contributed by atoms with van der Waals surface area (Å²) in [5, 5.41) is 0. The van der Waals surface area contributed by atoms with Gasteiger partial charge in [0, 0.05) is 12.0 Å². The van der Waals surface area contributed by atoms with Crippen LogP contribution in [0.15, 0.2) is 0 Å². The van der Waals surface area contributed by atoms with Crippen molar-refractivity contribution in [1.29, 1.82) is 0 Å². The number of nitrogens with two attached hydrogens (primary N) is 1. The first-order chi connectivity index (χ1) is 4.29. The minimum atomic E-state index is -0.556. The largest absolute Gasteiger partial charge is 0.327 e. The first-order valence-corrected chi connectivity index (χ1v) is 3.68. The molecule has 2 bridgehead atoms. The molecule has 0 aromatic carbocycles. The summed E-state index contributed by atoms with van der Waals surface area (Å²) in [5.41, 5.74) is 5.67. The monoisotopic (exact) mass is 129 g/mol. The maximum Gasteiger partial charge on any atom is 0.107 e. The van der Waals surface area contributed by atoms with E-state index in [1.807, 2.05) is 0 Å². The van der Waals surface area contributed by atoms with Gasteiger partial charge < -0.3 is 5.73 Å². The number of hydrogen-bond donors (Lipinski definition) is 1. The van der Waals surface area contributed by atoms with Crippen molar-refractivity contribution in [2.75, 3.05) is 0 Å². The van der Waals surface area contributed by atoms with Crippen molar-refractivity contribution in [2.24, 2.45) is 17.6 Å². The first kappa shape index (κ1) is 5.66. The molecule has 52 valence electrons. The number of halogens is 1. The molecular formula is C7H12FN. The van der Waals surface area contributed by atoms with Gasteiger partial charge in [-0.25, -0.2) is 4.39 Å². The average Bonchev–Trinajstić information content (AvgIpc) is 2.25. The summed E-state index contributed by atoms with van der Waals surface area (Å²) in [6.07, 6.45) is 2.50. The van der Waals surface area contributed by atoms with Gasteiger partial charge in [0.25, 0.3) is 0 Å². The second-order valence-electron chi connectivity index (χ2n) is 3.35. The summed E-state index contributed by atoms with van der Waals surface area (Å²) in [7, 11) is 0. The quantitative estimate of drug-likeness (QED) is 0.520. The van der Waals surface area contributed by atoms with Crippen molar-refractivity contribution >= 4 is 0 Å². The molecule has 0 aliphatic heterocycles. The Morgan fingerprint density at radius 2 is 2.11 bits per heavy atom. The molecule has 4 atom stereocenters. The van der Waals surface area contributed by atoms with Gasteiger partial charge >= 0.3 is 0 Å². The Labute approximate surface area is 54.4 Å². The van der Waals surface area contributed by atoms with E-state index in [0.717, 1.165) is 19.3 Å². The van der Waals surface area contributed by atoms with Crippen LogP contribution < -0.4 is 5.73 Å². The van der Waals surface area contributed by atoms with Crippen molar-refractivity contribution in [3.8, 4) is 0 Å². The van der Waals surface area contributed by atoms with Crippen LogP contribution >= 0.6 is 0 Å². The lowest BCUT2D eigenvalue weighted by Crippen LogP contribution is -2.27. The second-order valence-corrected chi connectivity index (χ2v) is 3.35. The highest BCUT2D eigenvalue weighted by atomic mass is 19.1. The van der Waals surface area contributed by atoms with E-state index in [-0.39, 0.29) is 12.0 Å². The molecule has 1 nitrogen and oxygen atoms in total. The molecule has 0 aromatic rings. The Hall–Kier alpha value is -0.110. The molecule has 9 heavy (non-hydrogen) atoms. The molecule has 2 N–H and O–H groups in total. The van der Waals surface area contributed by atoms with E-state index in [4.69, 9.17) is 5.73 Å². The average molecular weight is 129 g/mol. The molecule has 2 saturated carbocycles. The zero-order valence-corrected chi connectivity index (χ0v) is 5.39. The van der Waals surface area contributed by atoms with Gasteiger partial charge in [-0.05, 0) is 25.2 Å². The summed E-state index contributed by atoms with van der Waals surface area (Å²) in [5.74, 6) is 0.542. The Morgan fingerprint density at radius 1 is 1.33 bits per heavy atom. The molecule has 0 spiro atoms. The third kappa shape index (κ3) is 0.627. The predicted molar refractivity (Wildman–Crippen MR) is 33.7 cm³/mol. The highest BCUT2D eigenvalue weighted by Crippen LogP contribution is 2.45. The van der Waals surface area contributed by atoms with E-state index >= 15 is 0 Å². The molecular weight excluding hydrogens is 117 g/mol.